The Bertz CT molecular complexity index is 425. The Balaban J connectivity index is 3.11. The molecule has 78 valence electrons. The number of benzene rings is 1. The van der Waals surface area contributed by atoms with Gasteiger partial charge >= 0.3 is 11.7 Å². The zero-order valence-electron chi connectivity index (χ0n) is 8.10. The van der Waals surface area contributed by atoms with Gasteiger partial charge in [0, 0.05) is 12.1 Å². The predicted molar refractivity (Wildman–Crippen MR) is 53.7 cm³/mol. The fourth-order valence-electron chi connectivity index (χ4n) is 1.01. The van der Waals surface area contributed by atoms with Gasteiger partial charge in [-0.25, -0.2) is 4.79 Å². The monoisotopic (exact) mass is 207 g/mol. The van der Waals surface area contributed by atoms with Gasteiger partial charge in [0.15, 0.2) is 0 Å². The molecule has 0 aliphatic carbocycles. The molecule has 0 fully saturated rings. The van der Waals surface area contributed by atoms with Crippen molar-refractivity contribution in [3.8, 4) is 5.75 Å². The van der Waals surface area contributed by atoms with Crippen LogP contribution in [-0.4, -0.2) is 10.9 Å². The largest absolute Gasteiger partial charge is 0.416 e. The summed E-state index contributed by atoms with van der Waals surface area (Å²) in [5, 5.41) is 10.6. The van der Waals surface area contributed by atoms with E-state index in [1.807, 2.05) is 0 Å². The number of hydrogen-bond donors (Lipinski definition) is 0. The lowest BCUT2D eigenvalue weighted by Crippen LogP contribution is -2.05. The second-order valence-electron chi connectivity index (χ2n) is 2.85. The Kier molecular flexibility index (Phi) is 3.17. The molecule has 0 aliphatic rings. The molecule has 0 atom stereocenters. The summed E-state index contributed by atoms with van der Waals surface area (Å²) in [7, 11) is 0. The van der Waals surface area contributed by atoms with Crippen molar-refractivity contribution in [3.63, 3.8) is 0 Å². The maximum Gasteiger partial charge on any atom is 0.335 e. The van der Waals surface area contributed by atoms with E-state index in [9.17, 15) is 14.9 Å². The average Bonchev–Trinajstić information content (AvgIpc) is 2.20. The van der Waals surface area contributed by atoms with Gasteiger partial charge in [-0.2, -0.15) is 0 Å². The molecule has 15 heavy (non-hydrogen) atoms. The van der Waals surface area contributed by atoms with E-state index in [1.54, 1.807) is 13.0 Å². The third kappa shape index (κ3) is 2.63. The van der Waals surface area contributed by atoms with Crippen molar-refractivity contribution in [2.75, 3.05) is 0 Å². The molecule has 0 saturated heterocycles. The molecule has 0 radical (unpaired) electrons. The molecule has 0 saturated carbocycles. The normalized spacial score (nSPS) is 9.40. The highest BCUT2D eigenvalue weighted by atomic mass is 16.6. The molecule has 1 rings (SSSR count). The van der Waals surface area contributed by atoms with Gasteiger partial charge in [0.2, 0.25) is 5.75 Å². The number of nitrogens with zero attached hydrogens (tertiary/aromatic N) is 1. The Labute approximate surface area is 86.1 Å². The van der Waals surface area contributed by atoms with Gasteiger partial charge in [0.05, 0.1) is 4.92 Å². The van der Waals surface area contributed by atoms with Crippen molar-refractivity contribution in [1.82, 2.24) is 0 Å². The van der Waals surface area contributed by atoms with Crippen LogP contribution in [0.3, 0.4) is 0 Å². The number of rotatable bonds is 3. The van der Waals surface area contributed by atoms with Crippen LogP contribution in [0.15, 0.2) is 30.9 Å². The number of carbonyl (C=O) groups is 1. The Morgan fingerprint density at radius 2 is 2.27 bits per heavy atom. The van der Waals surface area contributed by atoms with Crippen LogP contribution >= 0.6 is 0 Å². The maximum atomic E-state index is 10.9. The highest BCUT2D eigenvalue weighted by Crippen LogP contribution is 2.27. The lowest BCUT2D eigenvalue weighted by atomic mass is 10.2. The van der Waals surface area contributed by atoms with Crippen molar-refractivity contribution in [1.29, 1.82) is 0 Å². The van der Waals surface area contributed by atoms with Gasteiger partial charge in [-0.05, 0) is 18.6 Å². The van der Waals surface area contributed by atoms with E-state index in [2.05, 4.69) is 6.58 Å². The van der Waals surface area contributed by atoms with Crippen molar-refractivity contribution in [3.05, 3.63) is 46.5 Å². The first kappa shape index (κ1) is 10.9. The van der Waals surface area contributed by atoms with Crippen molar-refractivity contribution in [2.24, 2.45) is 0 Å². The number of aryl methyl sites for hydroxylation is 1. The van der Waals surface area contributed by atoms with Crippen LogP contribution in [0.4, 0.5) is 5.69 Å². The Hall–Kier alpha value is -2.17. The van der Waals surface area contributed by atoms with E-state index < -0.39 is 10.9 Å². The van der Waals surface area contributed by atoms with Gasteiger partial charge in [-0.15, -0.1) is 0 Å². The molecule has 1 aromatic carbocycles. The van der Waals surface area contributed by atoms with E-state index in [4.69, 9.17) is 4.74 Å². The molecule has 0 bridgehead atoms. The number of nitro groups is 1. The van der Waals surface area contributed by atoms with Gasteiger partial charge in [0.25, 0.3) is 0 Å². The molecule has 0 spiro atoms. The van der Waals surface area contributed by atoms with Crippen LogP contribution in [0, 0.1) is 17.0 Å². The van der Waals surface area contributed by atoms with E-state index in [0.29, 0.717) is 0 Å². The standard InChI is InChI=1S/C10H9NO4/c1-3-10(12)15-9-5-4-7(2)6-8(9)11(13)14/h3-6H,1H2,2H3. The van der Waals surface area contributed by atoms with Crippen molar-refractivity contribution >= 4 is 11.7 Å². The summed E-state index contributed by atoms with van der Waals surface area (Å²) in [4.78, 5) is 20.9. The lowest BCUT2D eigenvalue weighted by Gasteiger charge is -2.02. The van der Waals surface area contributed by atoms with Gasteiger partial charge in [-0.3, -0.25) is 10.1 Å². The summed E-state index contributed by atoms with van der Waals surface area (Å²) in [5.41, 5.74) is 0.491. The molecular weight excluding hydrogens is 198 g/mol. The molecule has 0 heterocycles. The fraction of sp³-hybridized carbons (Fsp3) is 0.100. The van der Waals surface area contributed by atoms with Gasteiger partial charge < -0.3 is 4.74 Å². The molecule has 0 unspecified atom stereocenters. The van der Waals surface area contributed by atoms with Crippen LogP contribution in [0.1, 0.15) is 5.56 Å². The molecular formula is C10H9NO4. The van der Waals surface area contributed by atoms with Crippen LogP contribution in [-0.2, 0) is 4.79 Å². The number of esters is 1. The van der Waals surface area contributed by atoms with E-state index in [1.165, 1.54) is 12.1 Å². The quantitative estimate of drug-likeness (QED) is 0.250. The molecule has 1 aromatic rings. The zero-order valence-corrected chi connectivity index (χ0v) is 8.10. The number of ether oxygens (including phenoxy) is 1. The van der Waals surface area contributed by atoms with Crippen LogP contribution in [0.2, 0.25) is 0 Å². The molecule has 0 aromatic heterocycles. The number of hydrogen-bond acceptors (Lipinski definition) is 4. The third-order valence-corrected chi connectivity index (χ3v) is 1.69. The van der Waals surface area contributed by atoms with E-state index >= 15 is 0 Å². The summed E-state index contributed by atoms with van der Waals surface area (Å²) in [5.74, 6) is -0.794. The summed E-state index contributed by atoms with van der Waals surface area (Å²) < 4.78 is 4.71. The first-order valence-electron chi connectivity index (χ1n) is 4.14. The lowest BCUT2D eigenvalue weighted by molar-refractivity contribution is -0.385. The van der Waals surface area contributed by atoms with E-state index in [0.717, 1.165) is 11.6 Å². The predicted octanol–water partition coefficient (Wildman–Crippen LogP) is 1.99. The minimum atomic E-state index is -0.720. The second-order valence-corrected chi connectivity index (χ2v) is 2.85. The summed E-state index contributed by atoms with van der Waals surface area (Å²) in [6.45, 7) is 4.92. The highest BCUT2D eigenvalue weighted by molar-refractivity contribution is 5.84. The SMILES string of the molecule is C=CC(=O)Oc1ccc(C)cc1[N+](=O)[O-]. The third-order valence-electron chi connectivity index (χ3n) is 1.69. The van der Waals surface area contributed by atoms with Gasteiger partial charge in [-0.1, -0.05) is 12.6 Å². The first-order chi connectivity index (χ1) is 7.04. The van der Waals surface area contributed by atoms with Crippen LogP contribution < -0.4 is 4.74 Å². The Morgan fingerprint density at radius 3 is 2.80 bits per heavy atom. The fourth-order valence-corrected chi connectivity index (χ4v) is 1.01. The van der Waals surface area contributed by atoms with Crippen molar-refractivity contribution in [2.45, 2.75) is 6.92 Å². The summed E-state index contributed by atoms with van der Waals surface area (Å²) >= 11 is 0. The van der Waals surface area contributed by atoms with Crippen LogP contribution in [0.25, 0.3) is 0 Å². The Morgan fingerprint density at radius 1 is 1.60 bits per heavy atom. The average molecular weight is 207 g/mol. The molecule has 0 N–H and O–H groups in total. The summed E-state index contributed by atoms with van der Waals surface area (Å²) in [6.07, 6.45) is 0.948. The summed E-state index contributed by atoms with van der Waals surface area (Å²) in [6, 6.07) is 4.35. The second kappa shape index (κ2) is 4.36. The van der Waals surface area contributed by atoms with E-state index in [-0.39, 0.29) is 11.4 Å². The zero-order chi connectivity index (χ0) is 11.4. The molecule has 0 amide bonds. The van der Waals surface area contributed by atoms with Crippen molar-refractivity contribution < 1.29 is 14.5 Å². The minimum Gasteiger partial charge on any atom is -0.416 e. The maximum absolute atomic E-state index is 10.9. The highest BCUT2D eigenvalue weighted by Gasteiger charge is 2.16. The smallest absolute Gasteiger partial charge is 0.335 e. The first-order valence-corrected chi connectivity index (χ1v) is 4.14. The molecule has 5 heteroatoms. The topological polar surface area (TPSA) is 69.4 Å². The number of carbonyl (C=O) groups excluding carboxylic acids is 1. The van der Waals surface area contributed by atoms with Gasteiger partial charge in [0.1, 0.15) is 0 Å². The molecule has 5 nitrogen and oxygen atoms in total. The number of nitro benzene ring substituents is 1. The van der Waals surface area contributed by atoms with Crippen LogP contribution in [0.5, 0.6) is 5.75 Å². The minimum absolute atomic E-state index is 0.0736. The molecule has 0 aliphatic heterocycles.